The van der Waals surface area contributed by atoms with Crippen LogP contribution in [0.5, 0.6) is 0 Å². The number of amides is 1. The number of hydrogen-bond acceptors (Lipinski definition) is 3. The number of nitrogens with zero attached hydrogens (tertiary/aromatic N) is 3. The average Bonchev–Trinajstić information content (AvgIpc) is 3.18. The number of H-pyrrole nitrogens is 1. The summed E-state index contributed by atoms with van der Waals surface area (Å²) < 4.78 is 15.4. The molecule has 1 aromatic carbocycles. The highest BCUT2D eigenvalue weighted by Crippen LogP contribution is 2.30. The summed E-state index contributed by atoms with van der Waals surface area (Å²) in [5, 5.41) is 3.33. The van der Waals surface area contributed by atoms with Crippen LogP contribution in [0.2, 0.25) is 0 Å². The monoisotopic (exact) mass is 329 g/mol. The van der Waals surface area contributed by atoms with Gasteiger partial charge in [0.15, 0.2) is 5.65 Å². The number of halogens is 1. The van der Waals surface area contributed by atoms with Gasteiger partial charge in [0.2, 0.25) is 0 Å². The molecule has 6 nitrogen and oxygen atoms in total. The fourth-order valence-electron chi connectivity index (χ4n) is 3.61. The molecule has 24 heavy (non-hydrogen) atoms. The van der Waals surface area contributed by atoms with E-state index in [1.165, 1.54) is 6.07 Å². The SMILES string of the molecule is CC(C)N1CCC(c2cc3nc4cc(F)cc(C(N)=O)c4n3[nH]2)C1. The number of aromatic nitrogens is 3. The molecule has 1 amide bonds. The number of hydrogen-bond donors (Lipinski definition) is 2. The summed E-state index contributed by atoms with van der Waals surface area (Å²) >= 11 is 0. The molecule has 1 fully saturated rings. The number of fused-ring (bicyclic) bond motifs is 3. The molecule has 7 heteroatoms. The lowest BCUT2D eigenvalue weighted by molar-refractivity contribution is 0.100. The zero-order valence-corrected chi connectivity index (χ0v) is 13.7. The van der Waals surface area contributed by atoms with Crippen LogP contribution in [-0.2, 0) is 0 Å². The molecule has 0 saturated carbocycles. The molecule has 0 radical (unpaired) electrons. The van der Waals surface area contributed by atoms with Gasteiger partial charge < -0.3 is 10.6 Å². The minimum absolute atomic E-state index is 0.140. The van der Waals surface area contributed by atoms with Crippen LogP contribution in [0.4, 0.5) is 4.39 Å². The van der Waals surface area contributed by atoms with E-state index in [9.17, 15) is 9.18 Å². The normalized spacial score (nSPS) is 19.1. The number of likely N-dealkylation sites (tertiary alicyclic amines) is 1. The number of carbonyl (C=O) groups is 1. The molecule has 3 heterocycles. The van der Waals surface area contributed by atoms with Crippen molar-refractivity contribution in [2.24, 2.45) is 5.73 Å². The van der Waals surface area contributed by atoms with E-state index in [-0.39, 0.29) is 5.56 Å². The largest absolute Gasteiger partial charge is 0.366 e. The van der Waals surface area contributed by atoms with Crippen LogP contribution >= 0.6 is 0 Å². The predicted octanol–water partition coefficient (Wildman–Crippen LogP) is 2.25. The van der Waals surface area contributed by atoms with Gasteiger partial charge in [-0.1, -0.05) is 0 Å². The summed E-state index contributed by atoms with van der Waals surface area (Å²) in [6.45, 7) is 6.47. The molecule has 4 rings (SSSR count). The lowest BCUT2D eigenvalue weighted by atomic mass is 10.1. The number of carbonyl (C=O) groups excluding carboxylic acids is 1. The van der Waals surface area contributed by atoms with E-state index >= 15 is 0 Å². The maximum atomic E-state index is 13.7. The zero-order chi connectivity index (χ0) is 17.0. The van der Waals surface area contributed by atoms with Crippen LogP contribution in [0.15, 0.2) is 18.2 Å². The highest BCUT2D eigenvalue weighted by Gasteiger charge is 2.27. The second kappa shape index (κ2) is 5.31. The lowest BCUT2D eigenvalue weighted by Crippen LogP contribution is -2.27. The highest BCUT2D eigenvalue weighted by atomic mass is 19.1. The average molecular weight is 329 g/mol. The van der Waals surface area contributed by atoms with Crippen molar-refractivity contribution in [3.05, 3.63) is 35.3 Å². The van der Waals surface area contributed by atoms with Crippen molar-refractivity contribution in [1.82, 2.24) is 19.5 Å². The summed E-state index contributed by atoms with van der Waals surface area (Å²) in [5.41, 5.74) is 8.27. The van der Waals surface area contributed by atoms with E-state index in [0.717, 1.165) is 31.3 Å². The van der Waals surface area contributed by atoms with E-state index in [1.807, 2.05) is 6.07 Å². The Bertz CT molecular complexity index is 941. The second-order valence-electron chi connectivity index (χ2n) is 6.78. The van der Waals surface area contributed by atoms with Crippen LogP contribution in [0, 0.1) is 5.82 Å². The molecule has 1 unspecified atom stereocenters. The molecule has 1 atom stereocenters. The fourth-order valence-corrected chi connectivity index (χ4v) is 3.61. The van der Waals surface area contributed by atoms with Gasteiger partial charge in [-0.15, -0.1) is 0 Å². The topological polar surface area (TPSA) is 79.4 Å². The first kappa shape index (κ1) is 15.1. The molecule has 3 aromatic rings. The van der Waals surface area contributed by atoms with E-state index in [2.05, 4.69) is 28.8 Å². The summed E-state index contributed by atoms with van der Waals surface area (Å²) in [6, 6.07) is 4.99. The first-order valence-corrected chi connectivity index (χ1v) is 8.18. The van der Waals surface area contributed by atoms with Crippen molar-refractivity contribution in [3.8, 4) is 0 Å². The van der Waals surface area contributed by atoms with Crippen LogP contribution in [-0.4, -0.2) is 44.5 Å². The predicted molar refractivity (Wildman–Crippen MR) is 89.6 cm³/mol. The van der Waals surface area contributed by atoms with E-state index in [0.29, 0.717) is 28.6 Å². The van der Waals surface area contributed by atoms with Gasteiger partial charge >= 0.3 is 0 Å². The summed E-state index contributed by atoms with van der Waals surface area (Å²) in [6.07, 6.45) is 1.08. The van der Waals surface area contributed by atoms with Gasteiger partial charge in [0, 0.05) is 36.3 Å². The van der Waals surface area contributed by atoms with Crippen molar-refractivity contribution in [2.45, 2.75) is 32.2 Å². The molecule has 3 N–H and O–H groups in total. The first-order chi connectivity index (χ1) is 11.4. The van der Waals surface area contributed by atoms with Gasteiger partial charge in [0.05, 0.1) is 11.1 Å². The molecule has 1 saturated heterocycles. The lowest BCUT2D eigenvalue weighted by Gasteiger charge is -2.19. The second-order valence-corrected chi connectivity index (χ2v) is 6.78. The van der Waals surface area contributed by atoms with Crippen LogP contribution in [0.25, 0.3) is 16.7 Å². The molecular weight excluding hydrogens is 309 g/mol. The maximum absolute atomic E-state index is 13.7. The van der Waals surface area contributed by atoms with Gasteiger partial charge in [0.1, 0.15) is 11.3 Å². The van der Waals surface area contributed by atoms with Crippen LogP contribution < -0.4 is 5.73 Å². The van der Waals surface area contributed by atoms with Crippen molar-refractivity contribution in [3.63, 3.8) is 0 Å². The van der Waals surface area contributed by atoms with Gasteiger partial charge in [-0.2, -0.15) is 0 Å². The Balaban J connectivity index is 1.81. The molecule has 1 aliphatic rings. The first-order valence-electron chi connectivity index (χ1n) is 8.18. The van der Waals surface area contributed by atoms with Gasteiger partial charge in [-0.3, -0.25) is 9.89 Å². The van der Waals surface area contributed by atoms with E-state index < -0.39 is 11.7 Å². The van der Waals surface area contributed by atoms with Crippen molar-refractivity contribution in [2.75, 3.05) is 13.1 Å². The Kier molecular flexibility index (Phi) is 3.35. The van der Waals surface area contributed by atoms with Gasteiger partial charge in [-0.05, 0) is 32.9 Å². The molecule has 1 aliphatic heterocycles. The van der Waals surface area contributed by atoms with Gasteiger partial charge in [0.25, 0.3) is 5.91 Å². The Morgan fingerprint density at radius 3 is 2.88 bits per heavy atom. The maximum Gasteiger partial charge on any atom is 0.251 e. The van der Waals surface area contributed by atoms with Crippen molar-refractivity contribution < 1.29 is 9.18 Å². The van der Waals surface area contributed by atoms with E-state index in [1.54, 1.807) is 4.52 Å². The number of rotatable bonds is 3. The third-order valence-electron chi connectivity index (χ3n) is 4.92. The third kappa shape index (κ3) is 2.27. The number of nitrogens with one attached hydrogen (secondary N) is 1. The molecule has 126 valence electrons. The minimum atomic E-state index is -0.663. The Morgan fingerprint density at radius 2 is 2.21 bits per heavy atom. The summed E-state index contributed by atoms with van der Waals surface area (Å²) in [7, 11) is 0. The van der Waals surface area contributed by atoms with Crippen molar-refractivity contribution in [1.29, 1.82) is 0 Å². The highest BCUT2D eigenvalue weighted by molar-refractivity contribution is 6.05. The number of primary amides is 1. The Hall–Kier alpha value is -2.41. The van der Waals surface area contributed by atoms with Crippen LogP contribution in [0.1, 0.15) is 42.2 Å². The fraction of sp³-hybridized carbons (Fsp3) is 0.412. The number of benzene rings is 1. The molecule has 0 bridgehead atoms. The quantitative estimate of drug-likeness (QED) is 0.773. The molecule has 0 spiro atoms. The molecular formula is C17H20FN5O. The Labute approximate surface area is 138 Å². The molecule has 0 aliphatic carbocycles. The van der Waals surface area contributed by atoms with Gasteiger partial charge in [-0.25, -0.2) is 13.9 Å². The smallest absolute Gasteiger partial charge is 0.251 e. The van der Waals surface area contributed by atoms with Crippen LogP contribution in [0.3, 0.4) is 0 Å². The Morgan fingerprint density at radius 1 is 1.42 bits per heavy atom. The number of imidazole rings is 1. The number of nitrogens with two attached hydrogens (primary N) is 1. The number of aromatic amines is 1. The zero-order valence-electron chi connectivity index (χ0n) is 13.7. The molecule has 2 aromatic heterocycles. The minimum Gasteiger partial charge on any atom is -0.366 e. The standard InChI is InChI=1S/C17H20FN5O/c1-9(2)22-4-3-10(8-22)13-7-15-20-14-6-11(18)5-12(17(19)24)16(14)23(15)21-13/h5-7,9-10,21H,3-4,8H2,1-2H3,(H2,19,24). The van der Waals surface area contributed by atoms with Crippen molar-refractivity contribution >= 4 is 22.6 Å². The summed E-state index contributed by atoms with van der Waals surface area (Å²) in [4.78, 5) is 18.6. The summed E-state index contributed by atoms with van der Waals surface area (Å²) in [5.74, 6) is -0.772. The van der Waals surface area contributed by atoms with E-state index in [4.69, 9.17) is 5.73 Å². The third-order valence-corrected chi connectivity index (χ3v) is 4.92.